The van der Waals surface area contributed by atoms with Crippen LogP contribution in [0.15, 0.2) is 36.9 Å². The van der Waals surface area contributed by atoms with Crippen molar-refractivity contribution in [2.24, 2.45) is 0 Å². The summed E-state index contributed by atoms with van der Waals surface area (Å²) in [5.41, 5.74) is 6.08. The standard InChI is InChI=1S/C19H25N3O3S/c1-3-12-25-16-10-8-14(13-17(16)24-2)9-11-18(23)21-22-19(26)20-15-6-4-5-7-15/h3,8-11,13,15H,1,4-7,12H2,2H3,(H,21,23)(H2,20,22,26)/b11-9+. The minimum atomic E-state index is -0.300. The van der Waals surface area contributed by atoms with Crippen LogP contribution in [-0.2, 0) is 4.79 Å². The molecule has 0 spiro atoms. The van der Waals surface area contributed by atoms with Crippen LogP contribution in [0, 0.1) is 0 Å². The van der Waals surface area contributed by atoms with Crippen molar-refractivity contribution in [3.8, 4) is 11.5 Å². The summed E-state index contributed by atoms with van der Waals surface area (Å²) in [6, 6.07) is 5.82. The highest BCUT2D eigenvalue weighted by Gasteiger charge is 2.15. The van der Waals surface area contributed by atoms with Gasteiger partial charge in [0.2, 0.25) is 0 Å². The van der Waals surface area contributed by atoms with E-state index in [0.29, 0.717) is 29.3 Å². The van der Waals surface area contributed by atoms with Crippen LogP contribution in [0.3, 0.4) is 0 Å². The van der Waals surface area contributed by atoms with Crippen molar-refractivity contribution in [2.45, 2.75) is 31.7 Å². The topological polar surface area (TPSA) is 71.6 Å². The zero-order valence-corrected chi connectivity index (χ0v) is 15.7. The Kier molecular flexibility index (Phi) is 7.95. The van der Waals surface area contributed by atoms with E-state index in [0.717, 1.165) is 18.4 Å². The van der Waals surface area contributed by atoms with Gasteiger partial charge in [0.15, 0.2) is 16.6 Å². The van der Waals surface area contributed by atoms with E-state index in [4.69, 9.17) is 21.7 Å². The third kappa shape index (κ3) is 6.40. The minimum Gasteiger partial charge on any atom is -0.493 e. The lowest BCUT2D eigenvalue weighted by atomic mass is 10.2. The fourth-order valence-corrected chi connectivity index (χ4v) is 2.90. The molecule has 1 amide bonds. The molecule has 2 rings (SSSR count). The van der Waals surface area contributed by atoms with Crippen molar-refractivity contribution >= 4 is 29.3 Å². The van der Waals surface area contributed by atoms with Crippen molar-refractivity contribution < 1.29 is 14.3 Å². The summed E-state index contributed by atoms with van der Waals surface area (Å²) >= 11 is 5.17. The molecule has 0 radical (unpaired) electrons. The van der Waals surface area contributed by atoms with Crippen LogP contribution in [0.2, 0.25) is 0 Å². The Morgan fingerprint density at radius 1 is 1.31 bits per heavy atom. The molecule has 7 heteroatoms. The van der Waals surface area contributed by atoms with Crippen molar-refractivity contribution in [1.82, 2.24) is 16.2 Å². The number of thiocarbonyl (C=S) groups is 1. The van der Waals surface area contributed by atoms with E-state index < -0.39 is 0 Å². The first kappa shape index (κ1) is 19.8. The fraction of sp³-hybridized carbons (Fsp3) is 0.368. The Balaban J connectivity index is 1.82. The van der Waals surface area contributed by atoms with Gasteiger partial charge in [-0.15, -0.1) is 0 Å². The van der Waals surface area contributed by atoms with Gasteiger partial charge in [-0.05, 0) is 48.8 Å². The van der Waals surface area contributed by atoms with Crippen LogP contribution in [0.25, 0.3) is 6.08 Å². The van der Waals surface area contributed by atoms with Crippen LogP contribution in [-0.4, -0.2) is 30.8 Å². The van der Waals surface area contributed by atoms with Crippen molar-refractivity contribution in [2.75, 3.05) is 13.7 Å². The molecule has 0 aromatic heterocycles. The Morgan fingerprint density at radius 2 is 2.08 bits per heavy atom. The highest BCUT2D eigenvalue weighted by molar-refractivity contribution is 7.80. The summed E-state index contributed by atoms with van der Waals surface area (Å²) in [6.07, 6.45) is 9.44. The van der Waals surface area contributed by atoms with E-state index in [9.17, 15) is 4.79 Å². The third-order valence-electron chi connectivity index (χ3n) is 3.96. The SMILES string of the molecule is C=CCOc1ccc(/C=C/C(=O)NNC(=S)NC2CCCC2)cc1OC. The van der Waals surface area contributed by atoms with Crippen LogP contribution in [0.1, 0.15) is 31.2 Å². The number of methoxy groups -OCH3 is 1. The summed E-state index contributed by atoms with van der Waals surface area (Å²) in [4.78, 5) is 11.9. The number of carbonyl (C=O) groups is 1. The van der Waals surface area contributed by atoms with Crippen LogP contribution in [0.4, 0.5) is 0 Å². The lowest BCUT2D eigenvalue weighted by molar-refractivity contribution is -0.116. The average Bonchev–Trinajstić information content (AvgIpc) is 3.16. The van der Waals surface area contributed by atoms with Crippen LogP contribution in [0.5, 0.6) is 11.5 Å². The minimum absolute atomic E-state index is 0.300. The van der Waals surface area contributed by atoms with E-state index in [1.165, 1.54) is 18.9 Å². The molecule has 0 bridgehead atoms. The number of hydrogen-bond donors (Lipinski definition) is 3. The average molecular weight is 375 g/mol. The number of ether oxygens (including phenoxy) is 2. The summed E-state index contributed by atoms with van der Waals surface area (Å²) in [6.45, 7) is 4.01. The molecule has 6 nitrogen and oxygen atoms in total. The summed E-state index contributed by atoms with van der Waals surface area (Å²) in [5.74, 6) is 0.917. The van der Waals surface area contributed by atoms with E-state index in [2.05, 4.69) is 22.7 Å². The first-order valence-electron chi connectivity index (χ1n) is 8.58. The molecule has 1 aromatic carbocycles. The van der Waals surface area contributed by atoms with Gasteiger partial charge in [0.1, 0.15) is 6.61 Å². The second-order valence-corrected chi connectivity index (χ2v) is 6.32. The van der Waals surface area contributed by atoms with Gasteiger partial charge in [-0.2, -0.15) is 0 Å². The maximum Gasteiger partial charge on any atom is 0.262 e. The smallest absolute Gasteiger partial charge is 0.262 e. The van der Waals surface area contributed by atoms with Crippen molar-refractivity contribution in [3.63, 3.8) is 0 Å². The Labute approximate surface area is 159 Å². The van der Waals surface area contributed by atoms with Gasteiger partial charge in [-0.25, -0.2) is 0 Å². The van der Waals surface area contributed by atoms with Gasteiger partial charge in [0, 0.05) is 12.1 Å². The molecule has 1 aliphatic rings. The Bertz CT molecular complexity index is 670. The first-order chi connectivity index (χ1) is 12.6. The fourth-order valence-electron chi connectivity index (χ4n) is 2.68. The molecule has 0 saturated heterocycles. The molecule has 0 heterocycles. The Morgan fingerprint density at radius 3 is 2.77 bits per heavy atom. The molecular formula is C19H25N3O3S. The van der Waals surface area contributed by atoms with Gasteiger partial charge < -0.3 is 14.8 Å². The molecule has 1 saturated carbocycles. The molecule has 1 aromatic rings. The predicted octanol–water partition coefficient (Wildman–Crippen LogP) is 2.71. The summed E-state index contributed by atoms with van der Waals surface area (Å²) in [5, 5.41) is 3.62. The van der Waals surface area contributed by atoms with Crippen molar-refractivity contribution in [1.29, 1.82) is 0 Å². The van der Waals surface area contributed by atoms with Gasteiger partial charge in [-0.3, -0.25) is 15.6 Å². The number of amides is 1. The van der Waals surface area contributed by atoms with E-state index in [-0.39, 0.29) is 5.91 Å². The molecule has 1 fully saturated rings. The number of rotatable bonds is 7. The number of hydrazine groups is 1. The summed E-state index contributed by atoms with van der Waals surface area (Å²) < 4.78 is 10.8. The van der Waals surface area contributed by atoms with Crippen LogP contribution < -0.4 is 25.6 Å². The molecule has 1 aliphatic carbocycles. The molecule has 0 aliphatic heterocycles. The molecule has 140 valence electrons. The van der Waals surface area contributed by atoms with Gasteiger partial charge in [-0.1, -0.05) is 31.6 Å². The first-order valence-corrected chi connectivity index (χ1v) is 8.99. The number of nitrogens with one attached hydrogen (secondary N) is 3. The van der Waals surface area contributed by atoms with Gasteiger partial charge in [0.05, 0.1) is 7.11 Å². The zero-order chi connectivity index (χ0) is 18.8. The molecule has 3 N–H and O–H groups in total. The molecule has 0 atom stereocenters. The normalized spacial score (nSPS) is 14.0. The number of carbonyl (C=O) groups excluding carboxylic acids is 1. The number of hydrogen-bond acceptors (Lipinski definition) is 4. The van der Waals surface area contributed by atoms with E-state index in [1.807, 2.05) is 6.07 Å². The third-order valence-corrected chi connectivity index (χ3v) is 4.18. The lowest BCUT2D eigenvalue weighted by Crippen LogP contribution is -2.48. The van der Waals surface area contributed by atoms with E-state index >= 15 is 0 Å². The maximum absolute atomic E-state index is 11.9. The molecule has 26 heavy (non-hydrogen) atoms. The maximum atomic E-state index is 11.9. The van der Waals surface area contributed by atoms with Gasteiger partial charge >= 0.3 is 0 Å². The Hall–Kier alpha value is -2.54. The highest BCUT2D eigenvalue weighted by Crippen LogP contribution is 2.28. The second-order valence-electron chi connectivity index (χ2n) is 5.91. The monoisotopic (exact) mass is 375 g/mol. The summed E-state index contributed by atoms with van der Waals surface area (Å²) in [7, 11) is 1.57. The molecule has 0 unspecified atom stereocenters. The zero-order valence-electron chi connectivity index (χ0n) is 14.9. The molecular weight excluding hydrogens is 350 g/mol. The highest BCUT2D eigenvalue weighted by atomic mass is 32.1. The predicted molar refractivity (Wildman–Crippen MR) is 107 cm³/mol. The van der Waals surface area contributed by atoms with Crippen LogP contribution >= 0.6 is 12.2 Å². The quantitative estimate of drug-likeness (QED) is 0.295. The van der Waals surface area contributed by atoms with E-state index in [1.54, 1.807) is 31.4 Å². The lowest BCUT2D eigenvalue weighted by Gasteiger charge is -2.15. The number of benzene rings is 1. The second kappa shape index (κ2) is 10.5. The van der Waals surface area contributed by atoms with Gasteiger partial charge in [0.25, 0.3) is 5.91 Å². The largest absolute Gasteiger partial charge is 0.493 e. The van der Waals surface area contributed by atoms with Crippen molar-refractivity contribution in [3.05, 3.63) is 42.5 Å².